The number of nitrogens with one attached hydrogen (secondary N) is 3. The zero-order valence-electron chi connectivity index (χ0n) is 34.2. The molecule has 1 aromatic rings. The summed E-state index contributed by atoms with van der Waals surface area (Å²) in [7, 11) is -5.54. The van der Waals surface area contributed by atoms with Gasteiger partial charge in [0.05, 0.1) is 10.8 Å². The molecule has 1 aliphatic rings. The Morgan fingerprint density at radius 3 is 1.95 bits per heavy atom. The molecular formula is C38H58F2N5O11P. The number of ether oxygens (including phenoxy) is 2. The maximum atomic E-state index is 16.0. The van der Waals surface area contributed by atoms with E-state index in [0.29, 0.717) is 36.9 Å². The molecule has 57 heavy (non-hydrogen) atoms. The number of benzene rings is 1. The number of amides is 5. The minimum absolute atomic E-state index is 0.107. The molecule has 0 aromatic heterocycles. The Labute approximate surface area is 332 Å². The summed E-state index contributed by atoms with van der Waals surface area (Å²) in [5.74, 6) is -3.26. The van der Waals surface area contributed by atoms with Crippen molar-refractivity contribution < 1.29 is 60.6 Å². The van der Waals surface area contributed by atoms with Crippen LogP contribution in [0.3, 0.4) is 0 Å². The van der Waals surface area contributed by atoms with Crippen LogP contribution in [0, 0.1) is 16.7 Å². The average molecular weight is 830 g/mol. The van der Waals surface area contributed by atoms with Crippen molar-refractivity contribution in [2.45, 2.75) is 106 Å². The smallest absolute Gasteiger partial charge is 0.410 e. The molecule has 3 atom stereocenters. The van der Waals surface area contributed by atoms with Crippen LogP contribution in [0.4, 0.5) is 13.6 Å². The molecule has 1 aliphatic heterocycles. The summed E-state index contributed by atoms with van der Waals surface area (Å²) in [4.78, 5) is 76.9. The highest BCUT2D eigenvalue weighted by Gasteiger charge is 2.56. The van der Waals surface area contributed by atoms with Crippen LogP contribution in [0.1, 0.15) is 99.1 Å². The molecule has 1 aromatic carbocycles. The summed E-state index contributed by atoms with van der Waals surface area (Å²) in [6.07, 6.45) is 3.39. The molecule has 2 rings (SSSR count). The topological polar surface area (TPSA) is 222 Å². The maximum Gasteiger partial charge on any atom is 0.410 e. The first-order valence-electron chi connectivity index (χ1n) is 18.7. The molecule has 16 nitrogen and oxygen atoms in total. The van der Waals surface area contributed by atoms with Gasteiger partial charge in [0.15, 0.2) is 0 Å². The molecule has 0 unspecified atom stereocenters. The van der Waals surface area contributed by atoms with E-state index in [-0.39, 0.29) is 19.0 Å². The van der Waals surface area contributed by atoms with Crippen LogP contribution in [0.5, 0.6) is 0 Å². The van der Waals surface area contributed by atoms with Crippen molar-refractivity contribution in [1.29, 1.82) is 0 Å². The van der Waals surface area contributed by atoms with Gasteiger partial charge < -0.3 is 36.1 Å². The number of carbonyl (C=O) groups excluding carboxylic acids is 6. The van der Waals surface area contributed by atoms with Gasteiger partial charge in [0.2, 0.25) is 31.3 Å². The number of halogens is 2. The van der Waals surface area contributed by atoms with Gasteiger partial charge in [-0.3, -0.25) is 37.6 Å². The third kappa shape index (κ3) is 14.2. The number of nitrogens with zero attached hydrogens (tertiary/aromatic N) is 1. The fourth-order valence-corrected chi connectivity index (χ4v) is 6.70. The van der Waals surface area contributed by atoms with Gasteiger partial charge in [-0.05, 0) is 78.4 Å². The van der Waals surface area contributed by atoms with Gasteiger partial charge in [-0.25, -0.2) is 4.79 Å². The number of nitrogens with two attached hydrogens (primary N) is 1. The Hall–Kier alpha value is -4.41. The monoisotopic (exact) mass is 829 g/mol. The van der Waals surface area contributed by atoms with Gasteiger partial charge >= 0.3 is 31.2 Å². The first-order chi connectivity index (χ1) is 26.4. The lowest BCUT2D eigenvalue weighted by molar-refractivity contribution is -0.163. The van der Waals surface area contributed by atoms with Crippen molar-refractivity contribution in [2.75, 3.05) is 33.2 Å². The Kier molecular flexibility index (Phi) is 17.8. The van der Waals surface area contributed by atoms with E-state index in [2.05, 4.69) is 16.0 Å². The van der Waals surface area contributed by atoms with Gasteiger partial charge in [0.25, 0.3) is 0 Å². The molecule has 0 spiro atoms. The minimum Gasteiger partial charge on any atom is -0.438 e. The van der Waals surface area contributed by atoms with Gasteiger partial charge in [0, 0.05) is 31.3 Å². The highest BCUT2D eigenvalue weighted by Crippen LogP contribution is 2.67. The molecule has 0 aliphatic carbocycles. The van der Waals surface area contributed by atoms with Crippen LogP contribution in [0.15, 0.2) is 30.3 Å². The molecule has 0 radical (unpaired) electrons. The number of hydrogen-bond acceptors (Lipinski definition) is 11. The third-order valence-corrected chi connectivity index (χ3v) is 10.7. The first kappa shape index (κ1) is 48.7. The van der Waals surface area contributed by atoms with Crippen molar-refractivity contribution in [2.24, 2.45) is 22.5 Å². The van der Waals surface area contributed by atoms with Crippen LogP contribution in [-0.2, 0) is 52.7 Å². The Morgan fingerprint density at radius 2 is 1.46 bits per heavy atom. The van der Waals surface area contributed by atoms with Crippen LogP contribution >= 0.6 is 7.60 Å². The summed E-state index contributed by atoms with van der Waals surface area (Å²) in [6, 6.07) is 1.91. The van der Waals surface area contributed by atoms with Crippen LogP contribution in [-0.4, -0.2) is 85.9 Å². The first-order valence-corrected chi connectivity index (χ1v) is 20.2. The molecule has 5 amide bonds. The largest absolute Gasteiger partial charge is 0.438 e. The van der Waals surface area contributed by atoms with E-state index in [9.17, 15) is 33.3 Å². The number of alkyl halides is 2. The van der Waals surface area contributed by atoms with Crippen molar-refractivity contribution in [3.05, 3.63) is 41.5 Å². The highest BCUT2D eigenvalue weighted by atomic mass is 31.2. The fraction of sp³-hybridized carbons (Fsp3) is 0.632. The Balaban J connectivity index is 2.26. The van der Waals surface area contributed by atoms with Gasteiger partial charge in [-0.1, -0.05) is 51.0 Å². The van der Waals surface area contributed by atoms with Gasteiger partial charge in [-0.2, -0.15) is 8.78 Å². The van der Waals surface area contributed by atoms with E-state index in [1.807, 2.05) is 13.8 Å². The van der Waals surface area contributed by atoms with Crippen molar-refractivity contribution in [3.63, 3.8) is 0 Å². The van der Waals surface area contributed by atoms with E-state index < -0.39 is 91.0 Å². The van der Waals surface area contributed by atoms with E-state index >= 15 is 8.78 Å². The lowest BCUT2D eigenvalue weighted by Gasteiger charge is -2.30. The summed E-state index contributed by atoms with van der Waals surface area (Å²) >= 11 is 0. The van der Waals surface area contributed by atoms with E-state index in [4.69, 9.17) is 24.3 Å². The van der Waals surface area contributed by atoms with Crippen molar-refractivity contribution in [3.8, 4) is 0 Å². The molecule has 320 valence electrons. The quantitative estimate of drug-likeness (QED) is 0.0469. The standard InChI is InChI=1S/C38H58F2N5O11P/c1-10-11-12-28(32(48)45-20-17-24(2)30(45)31(47)42-18-19-43-35(41)51)44-29(46)21-25(3)26-13-15-27(16-14-26)38(39,40)57(52,55-22-53-33(49)36(4,5)6)56-23-54-34(50)37(7,8)9/h13-16,21,24,28,30H,10-12,17-20,22-23H2,1-9H3,(H,42,47)(H,44,46)(H3,41,43,51)/b25-21+/t24-,28+,30+/m1/s1. The third-order valence-electron chi connectivity index (χ3n) is 8.87. The SMILES string of the molecule is CCCC[C@H](NC(=O)/C=C(\C)c1ccc(C(F)(F)P(=O)(OCOC(=O)C(C)(C)C)OCOC(=O)C(C)(C)C)cc1)C(=O)N1CC[C@@H](C)[C@H]1C(=O)NCCNC(N)=O. The predicted molar refractivity (Wildman–Crippen MR) is 206 cm³/mol. The minimum atomic E-state index is -5.54. The molecule has 1 heterocycles. The number of esters is 2. The zero-order valence-corrected chi connectivity index (χ0v) is 35.1. The van der Waals surface area contributed by atoms with E-state index in [0.717, 1.165) is 18.6 Å². The van der Waals surface area contributed by atoms with E-state index in [1.165, 1.54) is 64.7 Å². The number of unbranched alkanes of at least 4 members (excludes halogenated alkanes) is 1. The number of urea groups is 1. The molecule has 0 bridgehead atoms. The molecule has 19 heteroatoms. The molecule has 1 fully saturated rings. The number of allylic oxidation sites excluding steroid dienone is 1. The summed E-state index contributed by atoms with van der Waals surface area (Å²) in [5.41, 5.74) is -1.47. The molecule has 0 saturated carbocycles. The average Bonchev–Trinajstić information content (AvgIpc) is 3.51. The van der Waals surface area contributed by atoms with E-state index in [1.54, 1.807) is 6.92 Å². The molecule has 1 saturated heterocycles. The zero-order chi connectivity index (χ0) is 43.4. The number of carbonyl (C=O) groups is 6. The second kappa shape index (κ2) is 20.8. The maximum absolute atomic E-state index is 16.0. The number of hydrogen-bond donors (Lipinski definition) is 4. The summed E-state index contributed by atoms with van der Waals surface area (Å²) in [6.45, 7) is 12.7. The highest BCUT2D eigenvalue weighted by molar-refractivity contribution is 7.54. The van der Waals surface area contributed by atoms with Crippen LogP contribution in [0.2, 0.25) is 0 Å². The Bertz CT molecular complexity index is 1640. The number of likely N-dealkylation sites (tertiary alicyclic amines) is 1. The van der Waals surface area contributed by atoms with Crippen LogP contribution in [0.25, 0.3) is 5.57 Å². The van der Waals surface area contributed by atoms with Crippen molar-refractivity contribution in [1.82, 2.24) is 20.9 Å². The Morgan fingerprint density at radius 1 is 0.930 bits per heavy atom. The number of primary amides is 1. The normalized spacial score (nSPS) is 17.0. The lowest BCUT2D eigenvalue weighted by Crippen LogP contribution is -2.55. The second-order valence-corrected chi connectivity index (χ2v) is 17.9. The van der Waals surface area contributed by atoms with Crippen LogP contribution < -0.4 is 21.7 Å². The fourth-order valence-electron chi connectivity index (χ4n) is 5.45. The lowest BCUT2D eigenvalue weighted by atomic mass is 9.98. The molecular weight excluding hydrogens is 771 g/mol. The van der Waals surface area contributed by atoms with Crippen molar-refractivity contribution >= 4 is 48.9 Å². The second-order valence-electron chi connectivity index (χ2n) is 15.8. The number of rotatable bonds is 19. The predicted octanol–water partition coefficient (Wildman–Crippen LogP) is 5.16. The van der Waals surface area contributed by atoms with Gasteiger partial charge in [0.1, 0.15) is 12.1 Å². The summed E-state index contributed by atoms with van der Waals surface area (Å²) in [5, 5.41) is 7.82. The van der Waals surface area contributed by atoms with Gasteiger partial charge in [-0.15, -0.1) is 0 Å². The summed E-state index contributed by atoms with van der Waals surface area (Å²) < 4.78 is 65.1. The molecule has 5 N–H and O–H groups in total.